The number of ether oxygens (including phenoxy) is 2. The molecular formula is C14H16O4. The van der Waals surface area contributed by atoms with E-state index in [9.17, 15) is 9.90 Å². The van der Waals surface area contributed by atoms with Crippen LogP contribution >= 0.6 is 0 Å². The van der Waals surface area contributed by atoms with Crippen molar-refractivity contribution in [3.63, 3.8) is 0 Å². The van der Waals surface area contributed by atoms with Gasteiger partial charge in [0.1, 0.15) is 5.75 Å². The molecule has 0 saturated heterocycles. The molecule has 0 heterocycles. The van der Waals surface area contributed by atoms with Crippen LogP contribution in [0.1, 0.15) is 12.8 Å². The number of carbonyl (C=O) groups is 1. The van der Waals surface area contributed by atoms with Gasteiger partial charge in [0.2, 0.25) is 0 Å². The van der Waals surface area contributed by atoms with Crippen LogP contribution in [0.25, 0.3) is 0 Å². The fourth-order valence-electron chi connectivity index (χ4n) is 1.99. The maximum Gasteiger partial charge on any atom is 0.337 e. The molecule has 0 saturated carbocycles. The number of hydrogen-bond acceptors (Lipinski definition) is 4. The quantitative estimate of drug-likeness (QED) is 0.827. The summed E-state index contributed by atoms with van der Waals surface area (Å²) in [4.78, 5) is 11.6. The molecule has 18 heavy (non-hydrogen) atoms. The largest absolute Gasteiger partial charge is 0.483 e. The van der Waals surface area contributed by atoms with Crippen molar-refractivity contribution in [2.24, 2.45) is 0 Å². The summed E-state index contributed by atoms with van der Waals surface area (Å²) in [5, 5.41) is 9.97. The maximum absolute atomic E-state index is 11.6. The lowest BCUT2D eigenvalue weighted by Gasteiger charge is -2.28. The molecule has 0 bridgehead atoms. The zero-order valence-electron chi connectivity index (χ0n) is 10.2. The van der Waals surface area contributed by atoms with E-state index in [4.69, 9.17) is 9.47 Å². The second-order valence-corrected chi connectivity index (χ2v) is 4.15. The van der Waals surface area contributed by atoms with Gasteiger partial charge < -0.3 is 14.6 Å². The van der Waals surface area contributed by atoms with E-state index in [1.54, 1.807) is 18.2 Å². The Balaban J connectivity index is 2.19. The van der Waals surface area contributed by atoms with Crippen molar-refractivity contribution in [2.45, 2.75) is 25.0 Å². The Morgan fingerprint density at radius 2 is 2.06 bits per heavy atom. The molecular weight excluding hydrogens is 232 g/mol. The highest BCUT2D eigenvalue weighted by molar-refractivity contribution is 5.89. The van der Waals surface area contributed by atoms with Crippen LogP contribution in [0.4, 0.5) is 0 Å². The van der Waals surface area contributed by atoms with Crippen LogP contribution < -0.4 is 4.74 Å². The lowest BCUT2D eigenvalue weighted by atomic mass is 9.93. The first-order valence-electron chi connectivity index (χ1n) is 5.90. The molecule has 0 aromatic heterocycles. The number of aliphatic hydroxyl groups excluding tert-OH is 1. The van der Waals surface area contributed by atoms with Crippen LogP contribution in [0.15, 0.2) is 42.0 Å². The minimum absolute atomic E-state index is 0.389. The standard InChI is InChI=1S/C14H16O4/c1-17-14(16)11-8-5-9-12(15)13(11)18-10-6-3-2-4-7-10/h2-4,6-8,12-13,15H,5,9H2,1H3/t12-,13+/m1/s1. The minimum atomic E-state index is -0.690. The van der Waals surface area contributed by atoms with E-state index < -0.39 is 18.2 Å². The molecule has 0 amide bonds. The maximum atomic E-state index is 11.6. The third kappa shape index (κ3) is 2.71. The summed E-state index contributed by atoms with van der Waals surface area (Å²) in [5.41, 5.74) is 0.389. The lowest BCUT2D eigenvalue weighted by Crippen LogP contribution is -2.39. The summed E-state index contributed by atoms with van der Waals surface area (Å²) >= 11 is 0. The fourth-order valence-corrected chi connectivity index (χ4v) is 1.99. The first-order chi connectivity index (χ1) is 8.72. The second kappa shape index (κ2) is 5.69. The van der Waals surface area contributed by atoms with Crippen molar-refractivity contribution in [1.82, 2.24) is 0 Å². The third-order valence-corrected chi connectivity index (χ3v) is 2.91. The third-order valence-electron chi connectivity index (χ3n) is 2.91. The van der Waals surface area contributed by atoms with Crippen molar-refractivity contribution in [3.8, 4) is 5.75 Å². The number of benzene rings is 1. The predicted octanol–water partition coefficient (Wildman–Crippen LogP) is 1.69. The van der Waals surface area contributed by atoms with Crippen molar-refractivity contribution >= 4 is 5.97 Å². The Hall–Kier alpha value is -1.81. The van der Waals surface area contributed by atoms with Gasteiger partial charge in [0, 0.05) is 0 Å². The number of carbonyl (C=O) groups excluding carboxylic acids is 1. The topological polar surface area (TPSA) is 55.8 Å². The molecule has 0 radical (unpaired) electrons. The first kappa shape index (κ1) is 12.6. The van der Waals surface area contributed by atoms with E-state index in [0.717, 1.165) is 0 Å². The van der Waals surface area contributed by atoms with E-state index in [2.05, 4.69) is 0 Å². The van der Waals surface area contributed by atoms with Gasteiger partial charge in [-0.1, -0.05) is 24.3 Å². The lowest BCUT2D eigenvalue weighted by molar-refractivity contribution is -0.138. The Kier molecular flexibility index (Phi) is 3.99. The Morgan fingerprint density at radius 3 is 2.72 bits per heavy atom. The number of aliphatic hydroxyl groups is 1. The normalized spacial score (nSPS) is 23.1. The average Bonchev–Trinajstić information content (AvgIpc) is 2.41. The van der Waals surface area contributed by atoms with Crippen molar-refractivity contribution < 1.29 is 19.4 Å². The predicted molar refractivity (Wildman–Crippen MR) is 66.2 cm³/mol. The van der Waals surface area contributed by atoms with Crippen LogP contribution in [0, 0.1) is 0 Å². The Labute approximate surface area is 106 Å². The van der Waals surface area contributed by atoms with Gasteiger partial charge in [0.05, 0.1) is 18.8 Å². The van der Waals surface area contributed by atoms with Gasteiger partial charge in [0.25, 0.3) is 0 Å². The van der Waals surface area contributed by atoms with E-state index in [-0.39, 0.29) is 0 Å². The van der Waals surface area contributed by atoms with Crippen LogP contribution in [0.2, 0.25) is 0 Å². The highest BCUT2D eigenvalue weighted by atomic mass is 16.5. The molecule has 4 heteroatoms. The van der Waals surface area contributed by atoms with E-state index in [0.29, 0.717) is 24.2 Å². The smallest absolute Gasteiger partial charge is 0.337 e. The number of rotatable bonds is 3. The molecule has 2 rings (SSSR count). The van der Waals surface area contributed by atoms with Crippen molar-refractivity contribution in [3.05, 3.63) is 42.0 Å². The molecule has 0 unspecified atom stereocenters. The van der Waals surface area contributed by atoms with Gasteiger partial charge in [-0.15, -0.1) is 0 Å². The van der Waals surface area contributed by atoms with Crippen LogP contribution in [0.5, 0.6) is 5.75 Å². The van der Waals surface area contributed by atoms with E-state index in [1.807, 2.05) is 18.2 Å². The number of para-hydroxylation sites is 1. The average molecular weight is 248 g/mol. The highest BCUT2D eigenvalue weighted by Crippen LogP contribution is 2.25. The van der Waals surface area contributed by atoms with Gasteiger partial charge >= 0.3 is 5.97 Å². The van der Waals surface area contributed by atoms with Gasteiger partial charge in [-0.2, -0.15) is 0 Å². The molecule has 0 aliphatic heterocycles. The number of esters is 1. The summed E-state index contributed by atoms with van der Waals surface area (Å²) < 4.78 is 10.4. The van der Waals surface area contributed by atoms with Gasteiger partial charge in [-0.25, -0.2) is 4.79 Å². The molecule has 4 nitrogen and oxygen atoms in total. The molecule has 0 spiro atoms. The molecule has 1 aliphatic rings. The monoisotopic (exact) mass is 248 g/mol. The minimum Gasteiger partial charge on any atom is -0.483 e. The zero-order valence-corrected chi connectivity index (χ0v) is 10.2. The first-order valence-corrected chi connectivity index (χ1v) is 5.90. The summed E-state index contributed by atoms with van der Waals surface area (Å²) in [7, 11) is 1.32. The van der Waals surface area contributed by atoms with Gasteiger partial charge in [0.15, 0.2) is 6.10 Å². The van der Waals surface area contributed by atoms with Crippen LogP contribution in [-0.4, -0.2) is 30.4 Å². The number of methoxy groups -OCH3 is 1. The van der Waals surface area contributed by atoms with Crippen LogP contribution in [0.3, 0.4) is 0 Å². The molecule has 2 atom stereocenters. The van der Waals surface area contributed by atoms with Crippen molar-refractivity contribution in [2.75, 3.05) is 7.11 Å². The molecule has 1 N–H and O–H groups in total. The van der Waals surface area contributed by atoms with Crippen molar-refractivity contribution in [1.29, 1.82) is 0 Å². The zero-order chi connectivity index (χ0) is 13.0. The van der Waals surface area contributed by atoms with Crippen LogP contribution in [-0.2, 0) is 9.53 Å². The molecule has 1 aromatic carbocycles. The van der Waals surface area contributed by atoms with E-state index >= 15 is 0 Å². The highest BCUT2D eigenvalue weighted by Gasteiger charge is 2.32. The summed E-state index contributed by atoms with van der Waals surface area (Å²) in [6, 6.07) is 9.13. The van der Waals surface area contributed by atoms with Gasteiger partial charge in [-0.05, 0) is 25.0 Å². The Morgan fingerprint density at radius 1 is 1.33 bits per heavy atom. The molecule has 96 valence electrons. The SMILES string of the molecule is COC(=O)C1=CCC[C@@H](O)[C@H]1Oc1ccccc1. The number of allylic oxidation sites excluding steroid dienone is 1. The number of hydrogen-bond donors (Lipinski definition) is 1. The summed E-state index contributed by atoms with van der Waals surface area (Å²) in [5.74, 6) is 0.174. The molecule has 1 aliphatic carbocycles. The Bertz CT molecular complexity index is 438. The second-order valence-electron chi connectivity index (χ2n) is 4.15. The molecule has 1 aromatic rings. The summed E-state index contributed by atoms with van der Waals surface area (Å²) in [6.45, 7) is 0. The fraction of sp³-hybridized carbons (Fsp3) is 0.357. The summed E-state index contributed by atoms with van der Waals surface area (Å²) in [6.07, 6.45) is 1.66. The van der Waals surface area contributed by atoms with E-state index in [1.165, 1.54) is 7.11 Å². The molecule has 0 fully saturated rings. The van der Waals surface area contributed by atoms with Gasteiger partial charge in [-0.3, -0.25) is 0 Å².